The molecule has 1 aliphatic rings. The Morgan fingerprint density at radius 2 is 1.79 bits per heavy atom. The zero-order valence-corrected chi connectivity index (χ0v) is 17.7. The number of benzene rings is 2. The van der Waals surface area contributed by atoms with Crippen LogP contribution in [0.5, 0.6) is 0 Å². The molecule has 1 saturated heterocycles. The first-order valence-electron chi connectivity index (χ1n) is 9.18. The summed E-state index contributed by atoms with van der Waals surface area (Å²) in [6.07, 6.45) is 1.89. The van der Waals surface area contributed by atoms with Gasteiger partial charge in [-0.25, -0.2) is 9.79 Å². The maximum Gasteiger partial charge on any atom is 0.337 e. The molecule has 0 unspecified atom stereocenters. The number of amides is 1. The van der Waals surface area contributed by atoms with Crippen molar-refractivity contribution in [3.8, 4) is 0 Å². The van der Waals surface area contributed by atoms with E-state index in [0.29, 0.717) is 27.9 Å². The molecule has 6 nitrogen and oxygen atoms in total. The van der Waals surface area contributed by atoms with Gasteiger partial charge in [-0.3, -0.25) is 9.69 Å². The molecule has 0 saturated carbocycles. The van der Waals surface area contributed by atoms with Gasteiger partial charge >= 0.3 is 5.97 Å². The molecule has 1 heterocycles. The summed E-state index contributed by atoms with van der Waals surface area (Å²) in [6, 6.07) is 14.8. The smallest absolute Gasteiger partial charge is 0.337 e. The molecule has 2 aromatic rings. The van der Waals surface area contributed by atoms with Crippen molar-refractivity contribution < 1.29 is 14.3 Å². The van der Waals surface area contributed by atoms with E-state index in [2.05, 4.69) is 4.99 Å². The number of carbonyl (C=O) groups is 2. The van der Waals surface area contributed by atoms with Crippen LogP contribution in [-0.4, -0.2) is 49.7 Å². The van der Waals surface area contributed by atoms with E-state index >= 15 is 0 Å². The van der Waals surface area contributed by atoms with Crippen molar-refractivity contribution in [3.63, 3.8) is 0 Å². The Morgan fingerprint density at radius 1 is 1.14 bits per heavy atom. The molecule has 2 aromatic carbocycles. The number of likely N-dealkylation sites (N-methyl/N-ethyl adjacent to an activating group) is 1. The van der Waals surface area contributed by atoms with Crippen LogP contribution in [0.1, 0.15) is 22.8 Å². The minimum Gasteiger partial charge on any atom is -0.465 e. The van der Waals surface area contributed by atoms with Gasteiger partial charge in [0.05, 0.1) is 23.3 Å². The number of anilines is 1. The third-order valence-corrected chi connectivity index (χ3v) is 5.43. The number of rotatable bonds is 5. The molecule has 0 atom stereocenters. The first-order chi connectivity index (χ1) is 13.9. The van der Waals surface area contributed by atoms with Crippen molar-refractivity contribution in [2.24, 2.45) is 4.99 Å². The highest BCUT2D eigenvalue weighted by Crippen LogP contribution is 2.34. The van der Waals surface area contributed by atoms with Crippen molar-refractivity contribution in [1.82, 2.24) is 4.90 Å². The third-order valence-electron chi connectivity index (χ3n) is 4.42. The van der Waals surface area contributed by atoms with Crippen LogP contribution >= 0.6 is 11.8 Å². The first kappa shape index (κ1) is 20.7. The number of amidine groups is 1. The van der Waals surface area contributed by atoms with Crippen LogP contribution in [0.15, 0.2) is 58.4 Å². The van der Waals surface area contributed by atoms with Gasteiger partial charge in [0.1, 0.15) is 0 Å². The van der Waals surface area contributed by atoms with Crippen LogP contribution in [0.4, 0.5) is 11.4 Å². The van der Waals surface area contributed by atoms with Crippen molar-refractivity contribution in [3.05, 3.63) is 64.6 Å². The number of thioether (sulfide) groups is 1. The molecule has 0 bridgehead atoms. The SMILES string of the molecule is CCN1C(=O)C(=Cc2ccc(N(C)C)cc2)SC1=Nc1ccc(C(=O)OC)cc1. The summed E-state index contributed by atoms with van der Waals surface area (Å²) in [5, 5.41) is 0.625. The van der Waals surface area contributed by atoms with E-state index in [0.717, 1.165) is 11.3 Å². The van der Waals surface area contributed by atoms with E-state index in [4.69, 9.17) is 4.74 Å². The molecule has 0 aliphatic carbocycles. The van der Waals surface area contributed by atoms with Gasteiger partial charge in [-0.15, -0.1) is 0 Å². The van der Waals surface area contributed by atoms with Gasteiger partial charge < -0.3 is 9.64 Å². The van der Waals surface area contributed by atoms with Gasteiger partial charge in [0, 0.05) is 26.3 Å². The molecule has 1 fully saturated rings. The summed E-state index contributed by atoms with van der Waals surface area (Å²) in [4.78, 5) is 33.3. The quantitative estimate of drug-likeness (QED) is 0.548. The summed E-state index contributed by atoms with van der Waals surface area (Å²) in [5.74, 6) is -0.450. The molecule has 0 radical (unpaired) electrons. The molecule has 150 valence electrons. The molecule has 1 aliphatic heterocycles. The second kappa shape index (κ2) is 8.96. The van der Waals surface area contributed by atoms with Crippen LogP contribution < -0.4 is 4.90 Å². The Labute approximate surface area is 174 Å². The minimum atomic E-state index is -0.393. The zero-order valence-electron chi connectivity index (χ0n) is 16.9. The van der Waals surface area contributed by atoms with Crippen LogP contribution in [0, 0.1) is 0 Å². The topological polar surface area (TPSA) is 62.2 Å². The zero-order chi connectivity index (χ0) is 21.0. The Bertz CT molecular complexity index is 964. The van der Waals surface area contributed by atoms with E-state index in [9.17, 15) is 9.59 Å². The predicted octanol–water partition coefficient (Wildman–Crippen LogP) is 4.16. The second-order valence-corrected chi connectivity index (χ2v) is 7.59. The lowest BCUT2D eigenvalue weighted by atomic mass is 10.2. The van der Waals surface area contributed by atoms with Gasteiger partial charge in [0.25, 0.3) is 5.91 Å². The summed E-state index contributed by atoms with van der Waals surface area (Å²) < 4.78 is 4.71. The van der Waals surface area contributed by atoms with E-state index in [1.807, 2.05) is 56.3 Å². The Kier molecular flexibility index (Phi) is 6.39. The van der Waals surface area contributed by atoms with Crippen molar-refractivity contribution in [2.75, 3.05) is 32.6 Å². The Hall–Kier alpha value is -3.06. The van der Waals surface area contributed by atoms with Gasteiger partial charge in [0.2, 0.25) is 0 Å². The highest BCUT2D eigenvalue weighted by Gasteiger charge is 2.32. The molecule has 3 rings (SSSR count). The number of nitrogens with zero attached hydrogens (tertiary/aromatic N) is 3. The lowest BCUT2D eigenvalue weighted by Crippen LogP contribution is -2.28. The lowest BCUT2D eigenvalue weighted by molar-refractivity contribution is -0.122. The number of carbonyl (C=O) groups excluding carboxylic acids is 2. The maximum absolute atomic E-state index is 12.8. The summed E-state index contributed by atoms with van der Waals surface area (Å²) >= 11 is 1.35. The Morgan fingerprint density at radius 3 is 2.34 bits per heavy atom. The number of esters is 1. The fourth-order valence-electron chi connectivity index (χ4n) is 2.79. The molecule has 29 heavy (non-hydrogen) atoms. The minimum absolute atomic E-state index is 0.0564. The molecule has 1 amide bonds. The molecular weight excluding hydrogens is 386 g/mol. The van der Waals surface area contributed by atoms with Crippen molar-refractivity contribution >= 4 is 46.3 Å². The van der Waals surface area contributed by atoms with Crippen LogP contribution in [-0.2, 0) is 9.53 Å². The maximum atomic E-state index is 12.8. The van der Waals surface area contributed by atoms with Crippen LogP contribution in [0.3, 0.4) is 0 Å². The second-order valence-electron chi connectivity index (χ2n) is 6.58. The first-order valence-corrected chi connectivity index (χ1v) is 10.0. The van der Waals surface area contributed by atoms with Crippen LogP contribution in [0.2, 0.25) is 0 Å². The number of hydrogen-bond donors (Lipinski definition) is 0. The highest BCUT2D eigenvalue weighted by atomic mass is 32.2. The fraction of sp³-hybridized carbons (Fsp3) is 0.227. The monoisotopic (exact) mass is 409 g/mol. The molecule has 0 aromatic heterocycles. The highest BCUT2D eigenvalue weighted by molar-refractivity contribution is 8.18. The average Bonchev–Trinajstić information content (AvgIpc) is 3.02. The normalized spacial score (nSPS) is 16.6. The summed E-state index contributed by atoms with van der Waals surface area (Å²) in [6.45, 7) is 2.45. The summed E-state index contributed by atoms with van der Waals surface area (Å²) in [7, 11) is 5.32. The van der Waals surface area contributed by atoms with E-state index in [1.54, 1.807) is 29.2 Å². The van der Waals surface area contributed by atoms with E-state index in [-0.39, 0.29) is 5.91 Å². The number of aliphatic imine (C=N–C) groups is 1. The van der Waals surface area contributed by atoms with Crippen molar-refractivity contribution in [2.45, 2.75) is 6.92 Å². The number of methoxy groups -OCH3 is 1. The predicted molar refractivity (Wildman–Crippen MR) is 119 cm³/mol. The van der Waals surface area contributed by atoms with Gasteiger partial charge in [-0.05, 0) is 66.7 Å². The number of hydrogen-bond acceptors (Lipinski definition) is 6. The van der Waals surface area contributed by atoms with Gasteiger partial charge in [0.15, 0.2) is 5.17 Å². The van der Waals surface area contributed by atoms with Gasteiger partial charge in [-0.1, -0.05) is 12.1 Å². The third kappa shape index (κ3) is 4.68. The standard InChI is InChI=1S/C22H23N3O3S/c1-5-25-20(26)19(14-15-6-12-18(13-7-15)24(2)3)29-22(25)23-17-10-8-16(9-11-17)21(27)28-4/h6-14H,5H2,1-4H3. The van der Waals surface area contributed by atoms with Crippen LogP contribution in [0.25, 0.3) is 6.08 Å². The van der Waals surface area contributed by atoms with E-state index in [1.165, 1.54) is 18.9 Å². The summed E-state index contributed by atoms with van der Waals surface area (Å²) in [5.41, 5.74) is 3.19. The molecule has 7 heteroatoms. The largest absolute Gasteiger partial charge is 0.465 e. The van der Waals surface area contributed by atoms with E-state index < -0.39 is 5.97 Å². The number of ether oxygens (including phenoxy) is 1. The molecule has 0 N–H and O–H groups in total. The lowest BCUT2D eigenvalue weighted by Gasteiger charge is -2.12. The van der Waals surface area contributed by atoms with Crippen molar-refractivity contribution in [1.29, 1.82) is 0 Å². The Balaban J connectivity index is 1.84. The van der Waals surface area contributed by atoms with Gasteiger partial charge in [-0.2, -0.15) is 0 Å². The molecular formula is C22H23N3O3S. The average molecular weight is 410 g/mol. The fourth-order valence-corrected chi connectivity index (χ4v) is 3.85. The molecule has 0 spiro atoms.